The van der Waals surface area contributed by atoms with Crippen molar-refractivity contribution in [3.63, 3.8) is 0 Å². The van der Waals surface area contributed by atoms with Gasteiger partial charge in [-0.1, -0.05) is 32.4 Å². The maximum atomic E-state index is 10.8. The molecule has 1 aliphatic rings. The van der Waals surface area contributed by atoms with Crippen LogP contribution in [0.25, 0.3) is 0 Å². The lowest BCUT2D eigenvalue weighted by Crippen LogP contribution is -2.36. The van der Waals surface area contributed by atoms with Gasteiger partial charge in [-0.15, -0.1) is 0 Å². The van der Waals surface area contributed by atoms with Crippen molar-refractivity contribution in [2.75, 3.05) is 5.32 Å². The molecule has 1 aromatic carbocycles. The molecule has 2 rings (SSSR count). The standard InChI is InChI=1S/C15H21ClN2O2/c1-10-9-15(2,3)7-6-13(10)17-14-8-11(18(19)20)4-5-12(14)16/h4-5,8,10,13,17H,6-7,9H2,1-3H3. The molecule has 0 amide bonds. The molecular formula is C15H21ClN2O2. The first-order chi connectivity index (χ1) is 9.28. The fourth-order valence-corrected chi connectivity index (χ4v) is 3.27. The Kier molecular flexibility index (Phi) is 4.23. The number of nitro groups is 1. The van der Waals surface area contributed by atoms with Crippen molar-refractivity contribution >= 4 is 23.0 Å². The van der Waals surface area contributed by atoms with Gasteiger partial charge in [0.25, 0.3) is 5.69 Å². The molecular weight excluding hydrogens is 276 g/mol. The van der Waals surface area contributed by atoms with Crippen molar-refractivity contribution in [3.8, 4) is 0 Å². The molecule has 1 N–H and O–H groups in total. The minimum atomic E-state index is -0.394. The molecule has 0 heterocycles. The van der Waals surface area contributed by atoms with Crippen LogP contribution >= 0.6 is 11.6 Å². The molecule has 1 fully saturated rings. The summed E-state index contributed by atoms with van der Waals surface area (Å²) in [4.78, 5) is 10.4. The Bertz CT molecular complexity index is 517. The summed E-state index contributed by atoms with van der Waals surface area (Å²) in [6, 6.07) is 4.86. The van der Waals surface area contributed by atoms with Crippen LogP contribution in [0.5, 0.6) is 0 Å². The third kappa shape index (κ3) is 3.42. The maximum absolute atomic E-state index is 10.8. The summed E-state index contributed by atoms with van der Waals surface area (Å²) in [6.07, 6.45) is 3.37. The van der Waals surface area contributed by atoms with Crippen molar-refractivity contribution in [1.29, 1.82) is 0 Å². The van der Waals surface area contributed by atoms with Gasteiger partial charge in [0.05, 0.1) is 15.6 Å². The van der Waals surface area contributed by atoms with Gasteiger partial charge in [0.15, 0.2) is 0 Å². The summed E-state index contributed by atoms with van der Waals surface area (Å²) in [5.74, 6) is 0.522. The molecule has 1 aromatic rings. The molecule has 4 nitrogen and oxygen atoms in total. The van der Waals surface area contributed by atoms with Gasteiger partial charge in [-0.2, -0.15) is 0 Å². The van der Waals surface area contributed by atoms with Gasteiger partial charge in [-0.3, -0.25) is 10.1 Å². The van der Waals surface area contributed by atoms with Crippen LogP contribution in [0.1, 0.15) is 40.0 Å². The van der Waals surface area contributed by atoms with E-state index in [0.717, 1.165) is 19.3 Å². The number of rotatable bonds is 3. The highest BCUT2D eigenvalue weighted by molar-refractivity contribution is 6.33. The first-order valence-corrected chi connectivity index (χ1v) is 7.37. The first-order valence-electron chi connectivity index (χ1n) is 6.99. The highest BCUT2D eigenvalue weighted by Crippen LogP contribution is 2.40. The van der Waals surface area contributed by atoms with E-state index in [2.05, 4.69) is 26.1 Å². The van der Waals surface area contributed by atoms with E-state index in [-0.39, 0.29) is 5.69 Å². The summed E-state index contributed by atoms with van der Waals surface area (Å²) in [7, 11) is 0. The fourth-order valence-electron chi connectivity index (χ4n) is 3.10. The number of anilines is 1. The molecule has 5 heteroatoms. The molecule has 0 aromatic heterocycles. The zero-order chi connectivity index (χ0) is 14.9. The molecule has 2 atom stereocenters. The number of nitro benzene ring substituents is 1. The highest BCUT2D eigenvalue weighted by atomic mass is 35.5. The van der Waals surface area contributed by atoms with E-state index in [1.165, 1.54) is 12.1 Å². The number of nitrogens with zero attached hydrogens (tertiary/aromatic N) is 1. The molecule has 1 aliphatic carbocycles. The SMILES string of the molecule is CC1CC(C)(C)CCC1Nc1cc([N+](=O)[O-])ccc1Cl. The van der Waals surface area contributed by atoms with E-state index < -0.39 is 4.92 Å². The largest absolute Gasteiger partial charge is 0.381 e. The van der Waals surface area contributed by atoms with Crippen molar-refractivity contribution in [2.24, 2.45) is 11.3 Å². The van der Waals surface area contributed by atoms with Crippen molar-refractivity contribution in [1.82, 2.24) is 0 Å². The summed E-state index contributed by atoms with van der Waals surface area (Å²) < 4.78 is 0. The second-order valence-electron chi connectivity index (χ2n) is 6.56. The Hall–Kier alpha value is -1.29. The third-order valence-corrected chi connectivity index (χ3v) is 4.52. The van der Waals surface area contributed by atoms with Crippen molar-refractivity contribution < 1.29 is 4.92 Å². The number of nitrogens with one attached hydrogen (secondary N) is 1. The Balaban J connectivity index is 2.14. The predicted octanol–water partition coefficient (Wildman–Crippen LogP) is 4.87. The van der Waals surface area contributed by atoms with Crippen LogP contribution in [0, 0.1) is 21.4 Å². The second-order valence-corrected chi connectivity index (χ2v) is 6.96. The van der Waals surface area contributed by atoms with Gasteiger partial charge in [-0.05, 0) is 36.7 Å². The molecule has 0 aliphatic heterocycles. The Morgan fingerprint density at radius 2 is 2.15 bits per heavy atom. The minimum absolute atomic E-state index is 0.0701. The first kappa shape index (κ1) is 15.1. The number of hydrogen-bond acceptors (Lipinski definition) is 3. The second kappa shape index (κ2) is 5.60. The number of halogens is 1. The smallest absolute Gasteiger partial charge is 0.271 e. The molecule has 0 saturated heterocycles. The summed E-state index contributed by atoms with van der Waals surface area (Å²) in [5, 5.41) is 14.8. The summed E-state index contributed by atoms with van der Waals surface area (Å²) in [6.45, 7) is 6.81. The Morgan fingerprint density at radius 1 is 1.45 bits per heavy atom. The molecule has 20 heavy (non-hydrogen) atoms. The van der Waals surface area contributed by atoms with Gasteiger partial charge in [0.2, 0.25) is 0 Å². The van der Waals surface area contributed by atoms with Crippen LogP contribution in [0.3, 0.4) is 0 Å². The maximum Gasteiger partial charge on any atom is 0.271 e. The van der Waals surface area contributed by atoms with Crippen molar-refractivity contribution in [3.05, 3.63) is 33.3 Å². The van der Waals surface area contributed by atoms with E-state index in [9.17, 15) is 10.1 Å². The lowest BCUT2D eigenvalue weighted by atomic mass is 9.70. The lowest BCUT2D eigenvalue weighted by Gasteiger charge is -2.40. The summed E-state index contributed by atoms with van der Waals surface area (Å²) in [5.41, 5.74) is 1.11. The number of hydrogen-bond donors (Lipinski definition) is 1. The number of benzene rings is 1. The van der Waals surface area contributed by atoms with E-state index in [1.54, 1.807) is 6.07 Å². The van der Waals surface area contributed by atoms with Gasteiger partial charge in [0.1, 0.15) is 0 Å². The molecule has 2 unspecified atom stereocenters. The zero-order valence-electron chi connectivity index (χ0n) is 12.1. The normalized spacial score (nSPS) is 25.2. The van der Waals surface area contributed by atoms with Crippen LogP contribution in [0.15, 0.2) is 18.2 Å². The lowest BCUT2D eigenvalue weighted by molar-refractivity contribution is -0.384. The molecule has 0 spiro atoms. The molecule has 1 saturated carbocycles. The molecule has 110 valence electrons. The van der Waals surface area contributed by atoms with Crippen LogP contribution in [0.2, 0.25) is 5.02 Å². The number of non-ortho nitro benzene ring substituents is 1. The van der Waals surface area contributed by atoms with Crippen LogP contribution in [-0.4, -0.2) is 11.0 Å². The highest BCUT2D eigenvalue weighted by Gasteiger charge is 2.32. The van der Waals surface area contributed by atoms with Crippen molar-refractivity contribution in [2.45, 2.75) is 46.1 Å². The average Bonchev–Trinajstić information content (AvgIpc) is 2.34. The zero-order valence-corrected chi connectivity index (χ0v) is 12.9. The third-order valence-electron chi connectivity index (χ3n) is 4.20. The predicted molar refractivity (Wildman–Crippen MR) is 82.3 cm³/mol. The summed E-state index contributed by atoms with van der Waals surface area (Å²) >= 11 is 6.14. The van der Waals surface area contributed by atoms with E-state index >= 15 is 0 Å². The Morgan fingerprint density at radius 3 is 2.75 bits per heavy atom. The van der Waals surface area contributed by atoms with Gasteiger partial charge in [-0.25, -0.2) is 0 Å². The Labute approximate surface area is 124 Å². The topological polar surface area (TPSA) is 55.2 Å². The van der Waals surface area contributed by atoms with E-state index in [1.807, 2.05) is 0 Å². The quantitative estimate of drug-likeness (QED) is 0.639. The van der Waals surface area contributed by atoms with Gasteiger partial charge >= 0.3 is 0 Å². The van der Waals surface area contributed by atoms with Crippen LogP contribution in [-0.2, 0) is 0 Å². The molecule has 0 radical (unpaired) electrons. The fraction of sp³-hybridized carbons (Fsp3) is 0.600. The van der Waals surface area contributed by atoms with Gasteiger partial charge < -0.3 is 5.32 Å². The minimum Gasteiger partial charge on any atom is -0.381 e. The molecule has 0 bridgehead atoms. The monoisotopic (exact) mass is 296 g/mol. The van der Waals surface area contributed by atoms with Crippen LogP contribution in [0.4, 0.5) is 11.4 Å². The van der Waals surface area contributed by atoms with Gasteiger partial charge in [0, 0.05) is 18.2 Å². The van der Waals surface area contributed by atoms with E-state index in [4.69, 9.17) is 11.6 Å². The van der Waals surface area contributed by atoms with E-state index in [0.29, 0.717) is 28.1 Å². The average molecular weight is 297 g/mol. The van der Waals surface area contributed by atoms with Crippen LogP contribution < -0.4 is 5.32 Å².